The molecule has 8 rings (SSSR count). The van der Waals surface area contributed by atoms with Gasteiger partial charge in [-0.3, -0.25) is 0 Å². The Bertz CT molecular complexity index is 2150. The molecule has 62 heavy (non-hydrogen) atoms. The summed E-state index contributed by atoms with van der Waals surface area (Å²) in [4.78, 5) is 0. The Labute approximate surface area is 393 Å². The smallest absolute Gasteiger partial charge is 0.147 e. The molecule has 0 N–H and O–H groups in total. The second-order valence-corrected chi connectivity index (χ2v) is 53.3. The van der Waals surface area contributed by atoms with Crippen molar-refractivity contribution in [3.05, 3.63) is 128 Å². The molecule has 0 bridgehead atoms. The number of allylic oxidation sites excluding steroid dienone is 2. The maximum atomic E-state index is 2.94. The molecule has 0 aliphatic heterocycles. The van der Waals surface area contributed by atoms with Gasteiger partial charge in [-0.1, -0.05) is 0 Å². The van der Waals surface area contributed by atoms with Crippen molar-refractivity contribution in [3.8, 4) is 22.3 Å². The van der Waals surface area contributed by atoms with Gasteiger partial charge in [-0.2, -0.15) is 0 Å². The Hall–Kier alpha value is -1.96. The summed E-state index contributed by atoms with van der Waals surface area (Å²) < 4.78 is 6.91. The molecule has 4 aliphatic rings. The molecular weight excluding hydrogens is 887 g/mol. The van der Waals surface area contributed by atoms with Crippen LogP contribution in [0.5, 0.6) is 0 Å². The van der Waals surface area contributed by atoms with Crippen molar-refractivity contribution in [2.24, 2.45) is 10.8 Å². The maximum absolute atomic E-state index is 4.00. The zero-order valence-corrected chi connectivity index (χ0v) is 45.5. The van der Waals surface area contributed by atoms with Gasteiger partial charge < -0.3 is 0 Å². The molecule has 0 spiro atoms. The number of hydrogen-bond donors (Lipinski definition) is 0. The SMILES string of the molecule is Cc1cc(C)cc(-c2cccc3c2C=C(CC2(C)CCCCCCCC2)[CH]3[Zr]([CH3])([CH3])(=[SiH2])[CH]2C(CC3(C)CCCCCCCC3)=Cc3c(-c4cc(C)cc(C)c4)cccc32)c1.Cl.Cl. The predicted molar refractivity (Wildman–Crippen MR) is 278 cm³/mol. The van der Waals surface area contributed by atoms with Crippen LogP contribution in [0.15, 0.2) is 83.9 Å². The van der Waals surface area contributed by atoms with Gasteiger partial charge in [-0.15, -0.1) is 24.8 Å². The fourth-order valence-electron chi connectivity index (χ4n) is 13.6. The van der Waals surface area contributed by atoms with Crippen LogP contribution in [0, 0.1) is 38.5 Å². The van der Waals surface area contributed by atoms with Crippen molar-refractivity contribution in [1.82, 2.24) is 0 Å². The maximum Gasteiger partial charge on any atom is -0.147 e. The summed E-state index contributed by atoms with van der Waals surface area (Å²) in [5.41, 5.74) is 21.8. The second-order valence-electron chi connectivity index (χ2n) is 22.8. The largest absolute Gasteiger partial charge is 0.147 e. The first kappa shape index (κ1) is 49.5. The molecule has 4 aliphatic carbocycles. The van der Waals surface area contributed by atoms with E-state index in [2.05, 4.69) is 143 Å². The topological polar surface area (TPSA) is 0 Å². The van der Waals surface area contributed by atoms with Crippen LogP contribution in [0.2, 0.25) is 9.26 Å². The van der Waals surface area contributed by atoms with Crippen molar-refractivity contribution in [1.29, 1.82) is 0 Å². The Morgan fingerprint density at radius 1 is 0.484 bits per heavy atom. The van der Waals surface area contributed by atoms with Crippen molar-refractivity contribution >= 4 is 43.8 Å². The molecule has 0 nitrogen and oxygen atoms in total. The second kappa shape index (κ2) is 19.9. The van der Waals surface area contributed by atoms with E-state index in [1.54, 1.807) is 33.4 Å². The zero-order valence-electron chi connectivity index (χ0n) is 40.0. The Kier molecular flexibility index (Phi) is 15.9. The van der Waals surface area contributed by atoms with E-state index in [0.717, 1.165) is 0 Å². The van der Waals surface area contributed by atoms with Crippen molar-refractivity contribution in [3.63, 3.8) is 0 Å². The first-order valence-electron chi connectivity index (χ1n) is 24.5. The molecule has 0 saturated heterocycles. The van der Waals surface area contributed by atoms with Crippen LogP contribution < -0.4 is 0 Å². The molecule has 0 heterocycles. The van der Waals surface area contributed by atoms with Gasteiger partial charge in [0.2, 0.25) is 0 Å². The number of halogens is 2. The molecule has 2 unspecified atom stereocenters. The van der Waals surface area contributed by atoms with E-state index in [1.165, 1.54) is 160 Å². The molecule has 4 aromatic carbocycles. The third kappa shape index (κ3) is 10.5. The Balaban J connectivity index is 0.00000321. The van der Waals surface area contributed by atoms with Gasteiger partial charge in [0.1, 0.15) is 0 Å². The number of hydrogen-bond acceptors (Lipinski definition) is 0. The van der Waals surface area contributed by atoms with Gasteiger partial charge in [0, 0.05) is 0 Å². The fourth-order valence-corrected chi connectivity index (χ4v) is 33.3. The molecule has 2 saturated carbocycles. The average molecular weight is 967 g/mol. The van der Waals surface area contributed by atoms with Gasteiger partial charge in [-0.25, -0.2) is 0 Å². The molecule has 0 aromatic heterocycles. The van der Waals surface area contributed by atoms with Gasteiger partial charge >= 0.3 is 372 Å². The molecule has 0 radical (unpaired) electrons. The van der Waals surface area contributed by atoms with E-state index < -0.39 is 17.4 Å². The van der Waals surface area contributed by atoms with E-state index >= 15 is 0 Å². The normalized spacial score (nSPS) is 21.5. The number of fused-ring (bicyclic) bond motifs is 2. The minimum absolute atomic E-state index is 0. The van der Waals surface area contributed by atoms with Crippen LogP contribution >= 0.6 is 24.8 Å². The average Bonchev–Trinajstić information content (AvgIpc) is 3.79. The van der Waals surface area contributed by atoms with Crippen LogP contribution in [0.25, 0.3) is 34.4 Å². The van der Waals surface area contributed by atoms with Crippen molar-refractivity contribution in [2.45, 2.75) is 174 Å². The standard InChI is InChI=1S/2C28H35.2CH3.2ClH.H2Si.Zr/c2*1-21-15-22(2)17-25(16-21)26-12-10-11-24-18-23(19-27(24)26)20-28(3)13-8-6-4-5-7-9-14-28;;;;;;/h2*10-12,15-19H,4-9,13-14,20H2,1-3H3;2*1H3;2*1H;1H2;. The summed E-state index contributed by atoms with van der Waals surface area (Å²) in [5.74, 6) is 0. The summed E-state index contributed by atoms with van der Waals surface area (Å²) in [7, 11) is 0. The first-order valence-corrected chi connectivity index (χ1v) is 38.2. The fraction of sp³-hybridized carbons (Fsp3) is 0.517. The van der Waals surface area contributed by atoms with Gasteiger partial charge in [0.25, 0.3) is 0 Å². The minimum Gasteiger partial charge on any atom is -0.147 e. The quantitative estimate of drug-likeness (QED) is 0.154. The van der Waals surface area contributed by atoms with Gasteiger partial charge in [0.15, 0.2) is 0 Å². The number of rotatable bonds is 8. The molecule has 4 heteroatoms. The number of benzene rings is 4. The summed E-state index contributed by atoms with van der Waals surface area (Å²) in [5, 5.41) is 0. The Morgan fingerprint density at radius 2 is 0.790 bits per heavy atom. The number of aryl methyl sites for hydroxylation is 4. The minimum atomic E-state index is -4.00. The van der Waals surface area contributed by atoms with Crippen LogP contribution in [0.3, 0.4) is 0 Å². The summed E-state index contributed by atoms with van der Waals surface area (Å²) in [6.07, 6.45) is 30.5. The van der Waals surface area contributed by atoms with E-state index in [-0.39, 0.29) is 24.8 Å². The van der Waals surface area contributed by atoms with E-state index in [0.29, 0.717) is 18.1 Å². The van der Waals surface area contributed by atoms with E-state index in [9.17, 15) is 0 Å². The molecule has 334 valence electrons. The third-order valence-electron chi connectivity index (χ3n) is 16.1. The monoisotopic (exact) mass is 964 g/mol. The summed E-state index contributed by atoms with van der Waals surface area (Å²) in [6, 6.07) is 29.4. The molecule has 2 atom stereocenters. The molecular formula is C58H80Cl2SiZr. The Morgan fingerprint density at radius 3 is 1.11 bits per heavy atom. The summed E-state index contributed by atoms with van der Waals surface area (Å²) >= 11 is -4.00. The van der Waals surface area contributed by atoms with Crippen molar-refractivity contribution in [2.75, 3.05) is 0 Å². The van der Waals surface area contributed by atoms with Crippen LogP contribution in [0.1, 0.15) is 181 Å². The molecule has 0 amide bonds. The molecule has 2 fully saturated rings. The third-order valence-corrected chi connectivity index (χ3v) is 33.7. The van der Waals surface area contributed by atoms with Crippen LogP contribution in [0.4, 0.5) is 0 Å². The predicted octanol–water partition coefficient (Wildman–Crippen LogP) is 18.1. The molecule has 4 aromatic rings. The van der Waals surface area contributed by atoms with Crippen molar-refractivity contribution < 1.29 is 17.4 Å². The zero-order chi connectivity index (χ0) is 42.3. The van der Waals surface area contributed by atoms with Gasteiger partial charge in [-0.05, 0) is 0 Å². The van der Waals surface area contributed by atoms with E-state index in [4.69, 9.17) is 0 Å². The van der Waals surface area contributed by atoms with Gasteiger partial charge in [0.05, 0.1) is 0 Å². The summed E-state index contributed by atoms with van der Waals surface area (Å²) in [6.45, 7) is 17.1. The first-order chi connectivity index (χ1) is 28.6. The van der Waals surface area contributed by atoms with E-state index in [1.807, 2.05) is 0 Å². The van der Waals surface area contributed by atoms with Crippen LogP contribution in [-0.4, -0.2) is 6.88 Å². The van der Waals surface area contributed by atoms with Crippen LogP contribution in [-0.2, 0) is 17.4 Å².